The normalized spacial score (nSPS) is 16.0. The second-order valence-electron chi connectivity index (χ2n) is 6.95. The number of Topliss-reactive ketones (excluding diaryl/α,β-unsaturated/α-hetero) is 1. The lowest BCUT2D eigenvalue weighted by Crippen LogP contribution is -2.46. The van der Waals surface area contributed by atoms with Crippen LogP contribution in [0.25, 0.3) is 0 Å². The van der Waals surface area contributed by atoms with Gasteiger partial charge in [-0.15, -0.1) is 0 Å². The molecule has 1 fully saturated rings. The standard InChI is InChI=1S/C22H28N2O/c1-19-8-5-6-11-21(19)22(25)12-7-13-23-14-16-24(17-15-23)18-20-9-3-2-4-10-20/h2-6,8-11H,7,12-18H2,1H3. The van der Waals surface area contributed by atoms with E-state index in [1.54, 1.807) is 0 Å². The molecule has 0 atom stereocenters. The van der Waals surface area contributed by atoms with Crippen LogP contribution in [-0.4, -0.2) is 48.3 Å². The van der Waals surface area contributed by atoms with Crippen molar-refractivity contribution in [3.63, 3.8) is 0 Å². The summed E-state index contributed by atoms with van der Waals surface area (Å²) in [5, 5.41) is 0. The maximum Gasteiger partial charge on any atom is 0.163 e. The van der Waals surface area contributed by atoms with E-state index >= 15 is 0 Å². The molecule has 1 aliphatic rings. The Labute approximate surface area is 151 Å². The molecule has 1 aliphatic heterocycles. The van der Waals surface area contributed by atoms with Crippen molar-refractivity contribution >= 4 is 5.78 Å². The Hall–Kier alpha value is -1.97. The number of hydrogen-bond acceptors (Lipinski definition) is 3. The quantitative estimate of drug-likeness (QED) is 0.719. The number of hydrogen-bond donors (Lipinski definition) is 0. The summed E-state index contributed by atoms with van der Waals surface area (Å²) >= 11 is 0. The van der Waals surface area contributed by atoms with Crippen molar-refractivity contribution < 1.29 is 4.79 Å². The van der Waals surface area contributed by atoms with Crippen molar-refractivity contribution in [2.75, 3.05) is 32.7 Å². The zero-order valence-corrected chi connectivity index (χ0v) is 15.2. The molecule has 3 heteroatoms. The third-order valence-electron chi connectivity index (χ3n) is 5.04. The van der Waals surface area contributed by atoms with Crippen LogP contribution in [0.4, 0.5) is 0 Å². The van der Waals surface area contributed by atoms with E-state index in [-0.39, 0.29) is 5.78 Å². The number of nitrogens with zero attached hydrogens (tertiary/aromatic N) is 2. The summed E-state index contributed by atoms with van der Waals surface area (Å²) in [5.41, 5.74) is 3.36. The van der Waals surface area contributed by atoms with E-state index in [9.17, 15) is 4.79 Å². The highest BCUT2D eigenvalue weighted by molar-refractivity contribution is 5.97. The van der Waals surface area contributed by atoms with E-state index in [1.807, 2.05) is 31.2 Å². The van der Waals surface area contributed by atoms with Crippen LogP contribution in [0.3, 0.4) is 0 Å². The van der Waals surface area contributed by atoms with E-state index in [4.69, 9.17) is 0 Å². The predicted molar refractivity (Wildman–Crippen MR) is 103 cm³/mol. The fourth-order valence-corrected chi connectivity index (χ4v) is 3.50. The molecule has 1 heterocycles. The lowest BCUT2D eigenvalue weighted by molar-refractivity contribution is 0.0958. The Bertz CT molecular complexity index is 675. The molecule has 0 N–H and O–H groups in total. The molecule has 0 aliphatic carbocycles. The summed E-state index contributed by atoms with van der Waals surface area (Å²) in [6.07, 6.45) is 1.60. The summed E-state index contributed by atoms with van der Waals surface area (Å²) in [6, 6.07) is 18.6. The van der Waals surface area contributed by atoms with Crippen molar-refractivity contribution in [1.29, 1.82) is 0 Å². The maximum atomic E-state index is 12.3. The van der Waals surface area contributed by atoms with Crippen LogP contribution in [0.2, 0.25) is 0 Å². The molecule has 2 aromatic carbocycles. The van der Waals surface area contributed by atoms with Gasteiger partial charge in [0.2, 0.25) is 0 Å². The molecule has 3 rings (SSSR count). The number of ketones is 1. The molecule has 0 saturated carbocycles. The van der Waals surface area contributed by atoms with Crippen molar-refractivity contribution in [2.24, 2.45) is 0 Å². The van der Waals surface area contributed by atoms with Crippen LogP contribution in [0.15, 0.2) is 54.6 Å². The summed E-state index contributed by atoms with van der Waals surface area (Å²) in [7, 11) is 0. The molecule has 0 amide bonds. The van der Waals surface area contributed by atoms with Crippen molar-refractivity contribution in [1.82, 2.24) is 9.80 Å². The van der Waals surface area contributed by atoms with Crippen molar-refractivity contribution in [3.8, 4) is 0 Å². The van der Waals surface area contributed by atoms with Gasteiger partial charge in [0.1, 0.15) is 0 Å². The predicted octanol–water partition coefficient (Wildman–Crippen LogP) is 3.78. The van der Waals surface area contributed by atoms with Gasteiger partial charge in [-0.05, 0) is 31.0 Å². The van der Waals surface area contributed by atoms with Gasteiger partial charge in [0.05, 0.1) is 0 Å². The smallest absolute Gasteiger partial charge is 0.163 e. The molecule has 0 unspecified atom stereocenters. The minimum absolute atomic E-state index is 0.279. The molecule has 0 aromatic heterocycles. The van der Waals surface area contributed by atoms with E-state index in [1.165, 1.54) is 5.56 Å². The van der Waals surface area contributed by atoms with Gasteiger partial charge in [-0.25, -0.2) is 0 Å². The van der Waals surface area contributed by atoms with Gasteiger partial charge in [0.25, 0.3) is 0 Å². The fraction of sp³-hybridized carbons (Fsp3) is 0.409. The molecule has 2 aromatic rings. The zero-order valence-electron chi connectivity index (χ0n) is 15.2. The fourth-order valence-electron chi connectivity index (χ4n) is 3.50. The Morgan fingerprint density at radius 2 is 1.52 bits per heavy atom. The van der Waals surface area contributed by atoms with Crippen LogP contribution >= 0.6 is 0 Å². The number of rotatable bonds is 7. The highest BCUT2D eigenvalue weighted by Crippen LogP contribution is 2.13. The second kappa shape index (κ2) is 8.93. The summed E-state index contributed by atoms with van der Waals surface area (Å²) in [5.74, 6) is 0.279. The Balaban J connectivity index is 1.37. The molecule has 0 radical (unpaired) electrons. The first-order chi connectivity index (χ1) is 12.2. The summed E-state index contributed by atoms with van der Waals surface area (Å²) < 4.78 is 0. The highest BCUT2D eigenvalue weighted by Gasteiger charge is 2.17. The zero-order chi connectivity index (χ0) is 17.5. The van der Waals surface area contributed by atoms with Crippen LogP contribution in [0, 0.1) is 6.92 Å². The molecular weight excluding hydrogens is 308 g/mol. The minimum atomic E-state index is 0.279. The van der Waals surface area contributed by atoms with Crippen molar-refractivity contribution in [2.45, 2.75) is 26.3 Å². The monoisotopic (exact) mass is 336 g/mol. The molecule has 132 valence electrons. The van der Waals surface area contributed by atoms with E-state index < -0.39 is 0 Å². The summed E-state index contributed by atoms with van der Waals surface area (Å²) in [4.78, 5) is 17.3. The van der Waals surface area contributed by atoms with Gasteiger partial charge in [-0.3, -0.25) is 9.69 Å². The van der Waals surface area contributed by atoms with E-state index in [0.717, 1.165) is 56.8 Å². The molecule has 0 bridgehead atoms. The van der Waals surface area contributed by atoms with Crippen LogP contribution in [0.5, 0.6) is 0 Å². The Kier molecular flexibility index (Phi) is 6.37. The Morgan fingerprint density at radius 1 is 0.880 bits per heavy atom. The topological polar surface area (TPSA) is 23.6 Å². The summed E-state index contributed by atoms with van der Waals surface area (Å²) in [6.45, 7) is 8.51. The number of piperazine rings is 1. The maximum absolute atomic E-state index is 12.3. The van der Waals surface area contributed by atoms with Crippen LogP contribution < -0.4 is 0 Å². The first kappa shape index (κ1) is 17.8. The van der Waals surface area contributed by atoms with Crippen molar-refractivity contribution in [3.05, 3.63) is 71.3 Å². The third kappa shape index (κ3) is 5.25. The molecule has 3 nitrogen and oxygen atoms in total. The first-order valence-electron chi connectivity index (χ1n) is 9.30. The highest BCUT2D eigenvalue weighted by atomic mass is 16.1. The Morgan fingerprint density at radius 3 is 2.24 bits per heavy atom. The van der Waals surface area contributed by atoms with Gasteiger partial charge in [0.15, 0.2) is 5.78 Å². The van der Waals surface area contributed by atoms with Gasteiger partial charge >= 0.3 is 0 Å². The van der Waals surface area contributed by atoms with Gasteiger partial charge in [-0.2, -0.15) is 0 Å². The van der Waals surface area contributed by atoms with Gasteiger partial charge in [-0.1, -0.05) is 54.6 Å². The third-order valence-corrected chi connectivity index (χ3v) is 5.04. The average molecular weight is 336 g/mol. The van der Waals surface area contributed by atoms with Gasteiger partial charge in [0, 0.05) is 44.7 Å². The first-order valence-corrected chi connectivity index (χ1v) is 9.30. The second-order valence-corrected chi connectivity index (χ2v) is 6.95. The largest absolute Gasteiger partial charge is 0.301 e. The number of carbonyl (C=O) groups is 1. The minimum Gasteiger partial charge on any atom is -0.301 e. The van der Waals surface area contributed by atoms with E-state index in [0.29, 0.717) is 6.42 Å². The number of benzene rings is 2. The number of aryl methyl sites for hydroxylation is 1. The molecule has 25 heavy (non-hydrogen) atoms. The number of carbonyl (C=O) groups excluding carboxylic acids is 1. The van der Waals surface area contributed by atoms with Crippen LogP contribution in [0.1, 0.15) is 34.3 Å². The molecule has 0 spiro atoms. The molecule has 1 saturated heterocycles. The lowest BCUT2D eigenvalue weighted by Gasteiger charge is -2.34. The molecular formula is C22H28N2O. The SMILES string of the molecule is Cc1ccccc1C(=O)CCCN1CCN(Cc2ccccc2)CC1. The van der Waals surface area contributed by atoms with E-state index in [2.05, 4.69) is 40.1 Å². The van der Waals surface area contributed by atoms with Crippen LogP contribution in [-0.2, 0) is 6.54 Å². The average Bonchev–Trinajstić information content (AvgIpc) is 2.64. The van der Waals surface area contributed by atoms with Gasteiger partial charge < -0.3 is 4.90 Å². The lowest BCUT2D eigenvalue weighted by atomic mass is 10.0.